The van der Waals surface area contributed by atoms with Crippen molar-refractivity contribution in [2.24, 2.45) is 0 Å². The van der Waals surface area contributed by atoms with E-state index in [0.29, 0.717) is 12.8 Å². The second-order valence-electron chi connectivity index (χ2n) is 4.51. The van der Waals surface area contributed by atoms with Crippen LogP contribution in [0.4, 0.5) is 0 Å². The van der Waals surface area contributed by atoms with E-state index in [4.69, 9.17) is 0 Å². The molecule has 2 atom stereocenters. The van der Waals surface area contributed by atoms with Gasteiger partial charge in [0.1, 0.15) is 0 Å². The normalized spacial score (nSPS) is 17.5. The van der Waals surface area contributed by atoms with Crippen LogP contribution < -0.4 is 0 Å². The maximum Gasteiger partial charge on any atom is 0.0803 e. The number of hydrogen-bond donors (Lipinski definition) is 2. The zero-order valence-electron chi connectivity index (χ0n) is 10.3. The number of rotatable bonds is 6. The van der Waals surface area contributed by atoms with E-state index in [9.17, 15) is 10.2 Å². The molecule has 0 aromatic heterocycles. The summed E-state index contributed by atoms with van der Waals surface area (Å²) in [5.41, 5.74) is 0.450. The van der Waals surface area contributed by atoms with Crippen LogP contribution in [0.25, 0.3) is 0 Å². The van der Waals surface area contributed by atoms with Crippen LogP contribution in [-0.4, -0.2) is 21.9 Å². The van der Waals surface area contributed by atoms with Crippen molar-refractivity contribution >= 4 is 0 Å². The van der Waals surface area contributed by atoms with Crippen molar-refractivity contribution in [3.8, 4) is 0 Å². The lowest BCUT2D eigenvalue weighted by Crippen LogP contribution is -2.21. The van der Waals surface area contributed by atoms with Crippen LogP contribution in [0.5, 0.6) is 0 Å². The highest BCUT2D eigenvalue weighted by Crippen LogP contribution is 2.15. The first-order valence-corrected chi connectivity index (χ1v) is 5.60. The van der Waals surface area contributed by atoms with E-state index in [1.54, 1.807) is 19.1 Å². The summed E-state index contributed by atoms with van der Waals surface area (Å²) in [7, 11) is 0. The lowest BCUT2D eigenvalue weighted by atomic mass is 9.98. The molecular weight excluding hydrogens is 188 g/mol. The van der Waals surface area contributed by atoms with Crippen molar-refractivity contribution in [3.63, 3.8) is 0 Å². The van der Waals surface area contributed by atoms with E-state index < -0.39 is 11.7 Å². The topological polar surface area (TPSA) is 40.5 Å². The third-order valence-corrected chi connectivity index (χ3v) is 2.30. The van der Waals surface area contributed by atoms with E-state index >= 15 is 0 Å². The van der Waals surface area contributed by atoms with Crippen molar-refractivity contribution in [1.82, 2.24) is 0 Å². The zero-order chi connectivity index (χ0) is 11.9. The van der Waals surface area contributed by atoms with E-state index in [1.807, 2.05) is 20.8 Å². The summed E-state index contributed by atoms with van der Waals surface area (Å²) in [6.45, 7) is 7.77. The van der Waals surface area contributed by atoms with Gasteiger partial charge < -0.3 is 10.2 Å². The smallest absolute Gasteiger partial charge is 0.0803 e. The van der Waals surface area contributed by atoms with Crippen LogP contribution in [-0.2, 0) is 0 Å². The Bertz CT molecular complexity index is 223. The number of aliphatic hydroxyl groups excluding tert-OH is 1. The average molecular weight is 212 g/mol. The molecule has 0 spiro atoms. The zero-order valence-corrected chi connectivity index (χ0v) is 10.3. The standard InChI is InChI=1S/C13H24O2/c1-5-12(14)8-10-13(4,15)9-6-7-11(2)3/h7-8,10,12,14-15H,5-6,9H2,1-4H3/b10-8+/t12-,13-/m0/s1. The van der Waals surface area contributed by atoms with Gasteiger partial charge in [-0.1, -0.05) is 30.7 Å². The Balaban J connectivity index is 4.07. The molecule has 2 nitrogen and oxygen atoms in total. The van der Waals surface area contributed by atoms with Gasteiger partial charge in [0.25, 0.3) is 0 Å². The minimum atomic E-state index is -0.817. The number of hydrogen-bond acceptors (Lipinski definition) is 2. The highest BCUT2D eigenvalue weighted by molar-refractivity contribution is 5.03. The van der Waals surface area contributed by atoms with E-state index in [2.05, 4.69) is 6.08 Å². The quantitative estimate of drug-likeness (QED) is 0.665. The molecule has 0 aliphatic heterocycles. The highest BCUT2D eigenvalue weighted by Gasteiger charge is 2.15. The molecule has 0 bridgehead atoms. The molecule has 0 rings (SSSR count). The predicted octanol–water partition coefficient (Wildman–Crippen LogP) is 2.81. The van der Waals surface area contributed by atoms with Gasteiger partial charge in [0, 0.05) is 0 Å². The number of aliphatic hydroxyl groups is 2. The molecular formula is C13H24O2. The van der Waals surface area contributed by atoms with Gasteiger partial charge in [0.15, 0.2) is 0 Å². The lowest BCUT2D eigenvalue weighted by Gasteiger charge is -2.18. The first-order chi connectivity index (χ1) is 6.87. The highest BCUT2D eigenvalue weighted by atomic mass is 16.3. The molecule has 0 amide bonds. The molecule has 0 saturated carbocycles. The maximum absolute atomic E-state index is 9.94. The summed E-state index contributed by atoms with van der Waals surface area (Å²) in [6, 6.07) is 0. The van der Waals surface area contributed by atoms with Crippen molar-refractivity contribution in [3.05, 3.63) is 23.8 Å². The van der Waals surface area contributed by atoms with E-state index in [-0.39, 0.29) is 0 Å². The van der Waals surface area contributed by atoms with Crippen molar-refractivity contribution in [2.75, 3.05) is 0 Å². The molecule has 0 radical (unpaired) electrons. The summed E-state index contributed by atoms with van der Waals surface area (Å²) < 4.78 is 0. The summed E-state index contributed by atoms with van der Waals surface area (Å²) >= 11 is 0. The predicted molar refractivity (Wildman–Crippen MR) is 64.7 cm³/mol. The first-order valence-electron chi connectivity index (χ1n) is 5.60. The van der Waals surface area contributed by atoms with Gasteiger partial charge in [-0.15, -0.1) is 0 Å². The van der Waals surface area contributed by atoms with Crippen LogP contribution in [0.1, 0.15) is 47.0 Å². The Hall–Kier alpha value is -0.600. The van der Waals surface area contributed by atoms with Gasteiger partial charge >= 0.3 is 0 Å². The lowest BCUT2D eigenvalue weighted by molar-refractivity contribution is 0.101. The number of allylic oxidation sites excluding steroid dienone is 2. The van der Waals surface area contributed by atoms with Gasteiger partial charge in [-0.25, -0.2) is 0 Å². The van der Waals surface area contributed by atoms with Crippen molar-refractivity contribution in [2.45, 2.75) is 58.7 Å². The van der Waals surface area contributed by atoms with Crippen LogP contribution in [0.2, 0.25) is 0 Å². The molecule has 2 N–H and O–H groups in total. The molecule has 0 fully saturated rings. The second-order valence-corrected chi connectivity index (χ2v) is 4.51. The van der Waals surface area contributed by atoms with E-state index in [1.165, 1.54) is 5.57 Å². The molecule has 0 aliphatic rings. The average Bonchev–Trinajstić information content (AvgIpc) is 2.13. The molecule has 0 unspecified atom stereocenters. The van der Waals surface area contributed by atoms with Gasteiger partial charge in [-0.3, -0.25) is 0 Å². The largest absolute Gasteiger partial charge is 0.389 e. The third-order valence-electron chi connectivity index (χ3n) is 2.30. The van der Waals surface area contributed by atoms with Gasteiger partial charge in [0.05, 0.1) is 11.7 Å². The van der Waals surface area contributed by atoms with Crippen LogP contribution in [0.3, 0.4) is 0 Å². The molecule has 0 saturated heterocycles. The van der Waals surface area contributed by atoms with Crippen LogP contribution in [0, 0.1) is 0 Å². The minimum Gasteiger partial charge on any atom is -0.389 e. The minimum absolute atomic E-state index is 0.445. The van der Waals surface area contributed by atoms with Crippen molar-refractivity contribution in [1.29, 1.82) is 0 Å². The third kappa shape index (κ3) is 8.40. The van der Waals surface area contributed by atoms with Gasteiger partial charge in [-0.05, 0) is 40.0 Å². The summed E-state index contributed by atoms with van der Waals surface area (Å²) in [6.07, 6.45) is 7.26. The fourth-order valence-electron chi connectivity index (χ4n) is 1.19. The van der Waals surface area contributed by atoms with Gasteiger partial charge in [0.2, 0.25) is 0 Å². The Morgan fingerprint density at radius 2 is 2.00 bits per heavy atom. The Morgan fingerprint density at radius 3 is 2.47 bits per heavy atom. The van der Waals surface area contributed by atoms with Crippen molar-refractivity contribution < 1.29 is 10.2 Å². The fourth-order valence-corrected chi connectivity index (χ4v) is 1.19. The van der Waals surface area contributed by atoms with Crippen LogP contribution >= 0.6 is 0 Å². The molecule has 0 heterocycles. The summed E-state index contributed by atoms with van der Waals surface area (Å²) in [4.78, 5) is 0. The first kappa shape index (κ1) is 14.4. The molecule has 0 aromatic carbocycles. The fraction of sp³-hybridized carbons (Fsp3) is 0.692. The maximum atomic E-state index is 9.94. The Kier molecular flexibility index (Phi) is 6.53. The molecule has 0 aliphatic carbocycles. The Morgan fingerprint density at radius 1 is 1.40 bits per heavy atom. The van der Waals surface area contributed by atoms with Crippen LogP contribution in [0.15, 0.2) is 23.8 Å². The van der Waals surface area contributed by atoms with Gasteiger partial charge in [-0.2, -0.15) is 0 Å². The SMILES string of the molecule is CC[C@H](O)/C=C/[C@@](C)(O)CCC=C(C)C. The summed E-state index contributed by atoms with van der Waals surface area (Å²) in [5, 5.41) is 19.3. The Labute approximate surface area is 93.3 Å². The molecule has 0 aromatic rings. The molecule has 2 heteroatoms. The molecule has 15 heavy (non-hydrogen) atoms. The monoisotopic (exact) mass is 212 g/mol. The summed E-state index contributed by atoms with van der Waals surface area (Å²) in [5.74, 6) is 0. The molecule has 88 valence electrons. The van der Waals surface area contributed by atoms with E-state index in [0.717, 1.165) is 6.42 Å². The second kappa shape index (κ2) is 6.81.